The standard InChI is InChI=1S/C25H36N4O3/c1-3-16(2)23(30)28-20-12-7-15-26-22-14-13-21(29(22)25(20)32)24(31)27-19-11-6-9-17-8-4-5-10-18(17)19/h4-5,8,10,16,19-22,26H,3,6-7,9,11-15H2,1-2H3,(H,27,31)(H,28,30)/t16-,19-,20+,21?,22?/m1/s1. The Bertz CT molecular complexity index is 857. The van der Waals surface area contributed by atoms with Crippen molar-refractivity contribution >= 4 is 17.7 Å². The molecule has 174 valence electrons. The van der Waals surface area contributed by atoms with Crippen LogP contribution in [0.15, 0.2) is 24.3 Å². The second-order valence-corrected chi connectivity index (χ2v) is 9.47. The molecule has 5 atom stereocenters. The van der Waals surface area contributed by atoms with E-state index < -0.39 is 12.1 Å². The van der Waals surface area contributed by atoms with Crippen LogP contribution >= 0.6 is 0 Å². The topological polar surface area (TPSA) is 90.5 Å². The van der Waals surface area contributed by atoms with Crippen molar-refractivity contribution in [3.05, 3.63) is 35.4 Å². The summed E-state index contributed by atoms with van der Waals surface area (Å²) >= 11 is 0. The smallest absolute Gasteiger partial charge is 0.247 e. The fourth-order valence-corrected chi connectivity index (χ4v) is 5.26. The van der Waals surface area contributed by atoms with Crippen molar-refractivity contribution in [2.75, 3.05) is 6.54 Å². The Balaban J connectivity index is 1.49. The lowest BCUT2D eigenvalue weighted by atomic mass is 9.87. The van der Waals surface area contributed by atoms with Crippen LogP contribution in [0, 0.1) is 5.92 Å². The van der Waals surface area contributed by atoms with Crippen LogP contribution in [0.4, 0.5) is 0 Å². The highest BCUT2D eigenvalue weighted by molar-refractivity contribution is 5.93. The van der Waals surface area contributed by atoms with Gasteiger partial charge in [-0.25, -0.2) is 0 Å². The molecule has 0 spiro atoms. The molecule has 0 bridgehead atoms. The van der Waals surface area contributed by atoms with Crippen molar-refractivity contribution in [2.24, 2.45) is 5.92 Å². The second kappa shape index (κ2) is 10.0. The fraction of sp³-hybridized carbons (Fsp3) is 0.640. The van der Waals surface area contributed by atoms with Crippen molar-refractivity contribution in [3.63, 3.8) is 0 Å². The summed E-state index contributed by atoms with van der Waals surface area (Å²) in [5.74, 6) is -0.446. The molecule has 2 fully saturated rings. The van der Waals surface area contributed by atoms with Crippen LogP contribution in [0.2, 0.25) is 0 Å². The molecule has 2 heterocycles. The van der Waals surface area contributed by atoms with E-state index in [1.54, 1.807) is 4.90 Å². The third-order valence-corrected chi connectivity index (χ3v) is 7.35. The first-order chi connectivity index (χ1) is 15.5. The average molecular weight is 441 g/mol. The maximum absolute atomic E-state index is 13.5. The van der Waals surface area contributed by atoms with Gasteiger partial charge < -0.3 is 15.5 Å². The van der Waals surface area contributed by atoms with Crippen LogP contribution in [-0.4, -0.2) is 47.4 Å². The van der Waals surface area contributed by atoms with E-state index in [1.165, 1.54) is 11.1 Å². The third kappa shape index (κ3) is 4.68. The molecule has 2 saturated heterocycles. The van der Waals surface area contributed by atoms with Gasteiger partial charge in [-0.05, 0) is 69.0 Å². The minimum Gasteiger partial charge on any atom is -0.347 e. The Morgan fingerprint density at radius 3 is 2.69 bits per heavy atom. The van der Waals surface area contributed by atoms with Gasteiger partial charge in [-0.15, -0.1) is 0 Å². The zero-order valence-corrected chi connectivity index (χ0v) is 19.2. The second-order valence-electron chi connectivity index (χ2n) is 9.47. The number of nitrogens with one attached hydrogen (secondary N) is 3. The number of benzene rings is 1. The van der Waals surface area contributed by atoms with Crippen LogP contribution in [0.5, 0.6) is 0 Å². The zero-order valence-electron chi connectivity index (χ0n) is 19.2. The van der Waals surface area contributed by atoms with Crippen molar-refractivity contribution in [2.45, 2.75) is 89.5 Å². The number of amides is 3. The van der Waals surface area contributed by atoms with Crippen LogP contribution in [0.3, 0.4) is 0 Å². The van der Waals surface area contributed by atoms with E-state index in [2.05, 4.69) is 28.1 Å². The highest BCUT2D eigenvalue weighted by Crippen LogP contribution is 2.31. The average Bonchev–Trinajstić information content (AvgIpc) is 3.22. The molecular formula is C25H36N4O3. The molecule has 7 heteroatoms. The van der Waals surface area contributed by atoms with Crippen LogP contribution < -0.4 is 16.0 Å². The Labute approximate surface area is 190 Å². The molecular weight excluding hydrogens is 404 g/mol. The number of rotatable bonds is 5. The maximum Gasteiger partial charge on any atom is 0.247 e. The number of hydrogen-bond acceptors (Lipinski definition) is 4. The summed E-state index contributed by atoms with van der Waals surface area (Å²) in [4.78, 5) is 41.1. The molecule has 0 radical (unpaired) electrons. The summed E-state index contributed by atoms with van der Waals surface area (Å²) in [6, 6.07) is 7.22. The SMILES string of the molecule is CC[C@@H](C)C(=O)N[C@H]1CCCNC2CCC(C(=O)N[C@@H]3CCCc4ccccc43)N2C1=O. The number of nitrogens with zero attached hydrogens (tertiary/aromatic N) is 1. The van der Waals surface area contributed by atoms with Gasteiger partial charge in [0.15, 0.2) is 0 Å². The Kier molecular flexibility index (Phi) is 7.13. The summed E-state index contributed by atoms with van der Waals surface area (Å²) in [5, 5.41) is 9.64. The van der Waals surface area contributed by atoms with Gasteiger partial charge in [-0.3, -0.25) is 19.7 Å². The van der Waals surface area contributed by atoms with E-state index in [0.29, 0.717) is 12.8 Å². The fourth-order valence-electron chi connectivity index (χ4n) is 5.26. The van der Waals surface area contributed by atoms with Gasteiger partial charge in [0.2, 0.25) is 17.7 Å². The molecule has 3 amide bonds. The van der Waals surface area contributed by atoms with Gasteiger partial charge in [-0.1, -0.05) is 38.1 Å². The number of aryl methyl sites for hydroxylation is 1. The lowest BCUT2D eigenvalue weighted by Crippen LogP contribution is -2.60. The van der Waals surface area contributed by atoms with E-state index >= 15 is 0 Å². The Morgan fingerprint density at radius 1 is 1.09 bits per heavy atom. The normalized spacial score (nSPS) is 28.7. The molecule has 1 aromatic rings. The summed E-state index contributed by atoms with van der Waals surface area (Å²) in [7, 11) is 0. The minimum absolute atomic E-state index is 0.00906. The van der Waals surface area contributed by atoms with Gasteiger partial charge in [0.25, 0.3) is 0 Å². The highest BCUT2D eigenvalue weighted by atomic mass is 16.2. The largest absolute Gasteiger partial charge is 0.347 e. The van der Waals surface area contributed by atoms with E-state index in [1.807, 2.05) is 26.0 Å². The summed E-state index contributed by atoms with van der Waals surface area (Å²) in [6.45, 7) is 4.62. The number of fused-ring (bicyclic) bond motifs is 2. The maximum atomic E-state index is 13.5. The predicted molar refractivity (Wildman–Crippen MR) is 123 cm³/mol. The lowest BCUT2D eigenvalue weighted by Gasteiger charge is -2.36. The molecule has 0 saturated carbocycles. The van der Waals surface area contributed by atoms with Gasteiger partial charge >= 0.3 is 0 Å². The monoisotopic (exact) mass is 440 g/mol. The lowest BCUT2D eigenvalue weighted by molar-refractivity contribution is -0.145. The number of carbonyl (C=O) groups excluding carboxylic acids is 3. The quantitative estimate of drug-likeness (QED) is 0.656. The molecule has 2 aliphatic heterocycles. The molecule has 1 aromatic carbocycles. The Hall–Kier alpha value is -2.41. The van der Waals surface area contributed by atoms with Crippen molar-refractivity contribution in [3.8, 4) is 0 Å². The predicted octanol–water partition coefficient (Wildman–Crippen LogP) is 2.41. The van der Waals surface area contributed by atoms with Gasteiger partial charge in [0.1, 0.15) is 12.1 Å². The highest BCUT2D eigenvalue weighted by Gasteiger charge is 2.44. The van der Waals surface area contributed by atoms with Crippen LogP contribution in [0.25, 0.3) is 0 Å². The van der Waals surface area contributed by atoms with Crippen molar-refractivity contribution in [1.29, 1.82) is 0 Å². The summed E-state index contributed by atoms with van der Waals surface area (Å²) < 4.78 is 0. The summed E-state index contributed by atoms with van der Waals surface area (Å²) in [5.41, 5.74) is 2.49. The number of hydrogen-bond donors (Lipinski definition) is 3. The number of carbonyl (C=O) groups is 3. The molecule has 3 N–H and O–H groups in total. The van der Waals surface area contributed by atoms with Crippen LogP contribution in [0.1, 0.15) is 76.0 Å². The molecule has 7 nitrogen and oxygen atoms in total. The first kappa shape index (κ1) is 22.8. The van der Waals surface area contributed by atoms with Crippen LogP contribution in [-0.2, 0) is 20.8 Å². The van der Waals surface area contributed by atoms with Gasteiger partial charge in [-0.2, -0.15) is 0 Å². The third-order valence-electron chi connectivity index (χ3n) is 7.35. The van der Waals surface area contributed by atoms with Gasteiger partial charge in [0.05, 0.1) is 12.2 Å². The Morgan fingerprint density at radius 2 is 1.88 bits per heavy atom. The van der Waals surface area contributed by atoms with Gasteiger partial charge in [0, 0.05) is 5.92 Å². The first-order valence-corrected chi connectivity index (χ1v) is 12.2. The van der Waals surface area contributed by atoms with E-state index in [4.69, 9.17) is 0 Å². The van der Waals surface area contributed by atoms with E-state index in [-0.39, 0.29) is 35.8 Å². The minimum atomic E-state index is -0.565. The van der Waals surface area contributed by atoms with Crippen molar-refractivity contribution < 1.29 is 14.4 Å². The van der Waals surface area contributed by atoms with Crippen molar-refractivity contribution in [1.82, 2.24) is 20.9 Å². The van der Waals surface area contributed by atoms with E-state index in [0.717, 1.165) is 45.1 Å². The molecule has 1 aliphatic carbocycles. The zero-order chi connectivity index (χ0) is 22.7. The molecule has 4 rings (SSSR count). The molecule has 2 unspecified atom stereocenters. The molecule has 0 aromatic heterocycles. The summed E-state index contributed by atoms with van der Waals surface area (Å²) in [6.07, 6.45) is 6.36. The molecule has 3 aliphatic rings. The first-order valence-electron chi connectivity index (χ1n) is 12.2. The molecule has 32 heavy (non-hydrogen) atoms. The van der Waals surface area contributed by atoms with E-state index in [9.17, 15) is 14.4 Å².